The number of aromatic hydroxyl groups is 1. The van der Waals surface area contributed by atoms with Gasteiger partial charge in [0.2, 0.25) is 11.4 Å². The number of nitrogen functional groups attached to an aromatic ring is 1. The molecular formula is C34H37F2N9O6. The van der Waals surface area contributed by atoms with Gasteiger partial charge in [-0.15, -0.1) is 0 Å². The van der Waals surface area contributed by atoms with Crippen molar-refractivity contribution in [3.63, 3.8) is 0 Å². The van der Waals surface area contributed by atoms with Gasteiger partial charge < -0.3 is 45.4 Å². The molecule has 268 valence electrons. The number of pyridine rings is 1. The summed E-state index contributed by atoms with van der Waals surface area (Å²) in [6.45, 7) is 2.35. The van der Waals surface area contributed by atoms with E-state index in [1.165, 1.54) is 21.7 Å². The monoisotopic (exact) mass is 705 g/mol. The fourth-order valence-corrected chi connectivity index (χ4v) is 6.55. The van der Waals surface area contributed by atoms with Crippen molar-refractivity contribution in [3.8, 4) is 5.75 Å². The number of aliphatic hydroxyl groups excluding tert-OH is 1. The molecule has 15 nitrogen and oxygen atoms in total. The van der Waals surface area contributed by atoms with E-state index in [0.717, 1.165) is 42.3 Å². The molecule has 51 heavy (non-hydrogen) atoms. The van der Waals surface area contributed by atoms with Gasteiger partial charge in [-0.3, -0.25) is 14.4 Å². The van der Waals surface area contributed by atoms with Gasteiger partial charge in [0.1, 0.15) is 17.2 Å². The maximum atomic E-state index is 13.8. The fraction of sp³-hybridized carbons (Fsp3) is 0.412. The Morgan fingerprint density at radius 3 is 2.69 bits per heavy atom. The Morgan fingerprint density at radius 2 is 1.96 bits per heavy atom. The highest BCUT2D eigenvalue weighted by atomic mass is 19.1. The Balaban J connectivity index is 0.000000169. The average Bonchev–Trinajstić information content (AvgIpc) is 3.60. The van der Waals surface area contributed by atoms with E-state index in [1.807, 2.05) is 17.6 Å². The predicted octanol–water partition coefficient (Wildman–Crippen LogP) is 2.45. The van der Waals surface area contributed by atoms with Gasteiger partial charge in [-0.25, -0.2) is 13.8 Å². The van der Waals surface area contributed by atoms with E-state index in [4.69, 9.17) is 10.5 Å². The summed E-state index contributed by atoms with van der Waals surface area (Å²) >= 11 is 0. The number of aliphatic hydroxyl groups is 1. The van der Waals surface area contributed by atoms with Crippen LogP contribution in [0.25, 0.3) is 11.2 Å². The molecule has 1 saturated heterocycles. The van der Waals surface area contributed by atoms with Crippen LogP contribution in [-0.4, -0.2) is 82.5 Å². The van der Waals surface area contributed by atoms with Crippen molar-refractivity contribution in [1.82, 2.24) is 34.3 Å². The van der Waals surface area contributed by atoms with E-state index >= 15 is 0 Å². The minimum atomic E-state index is -1.00. The first-order valence-electron chi connectivity index (χ1n) is 16.7. The summed E-state index contributed by atoms with van der Waals surface area (Å²) in [5, 5.41) is 25.4. The molecule has 5 heterocycles. The number of rotatable bonds is 7. The third kappa shape index (κ3) is 6.73. The minimum Gasteiger partial charge on any atom is -0.503 e. The average molecular weight is 706 g/mol. The van der Waals surface area contributed by atoms with Crippen LogP contribution in [-0.2, 0) is 17.8 Å². The van der Waals surface area contributed by atoms with Crippen LogP contribution >= 0.6 is 0 Å². The fourth-order valence-electron chi connectivity index (χ4n) is 6.55. The number of fused-ring (bicyclic) bond motifs is 3. The van der Waals surface area contributed by atoms with Gasteiger partial charge in [0.05, 0.1) is 25.5 Å². The van der Waals surface area contributed by atoms with Crippen molar-refractivity contribution in [2.24, 2.45) is 5.92 Å². The number of nitrogens with one attached hydrogen (secondary N) is 2. The van der Waals surface area contributed by atoms with Gasteiger partial charge in [0, 0.05) is 49.0 Å². The number of nitrogens with two attached hydrogens (primary N) is 1. The van der Waals surface area contributed by atoms with E-state index < -0.39 is 46.4 Å². The lowest BCUT2D eigenvalue weighted by Gasteiger charge is -2.44. The van der Waals surface area contributed by atoms with Crippen molar-refractivity contribution >= 4 is 34.7 Å². The number of aromatic nitrogens is 5. The molecule has 6 N–H and O–H groups in total. The first-order valence-corrected chi connectivity index (χ1v) is 16.7. The SMILES string of the molecule is C[C@@H]1CCO[C@H]2Cn3cc(C(=O)NCc4ccc(F)cc4F)c(=O)c(O)c3C(=O)N12.Nc1nc(NC2CC2)c2ncn([C@H]3C=C[C@@H](CO)C3)c2n1. The van der Waals surface area contributed by atoms with Crippen molar-refractivity contribution in [1.29, 1.82) is 0 Å². The van der Waals surface area contributed by atoms with E-state index in [1.54, 1.807) is 6.33 Å². The number of carbonyl (C=O) groups is 2. The molecule has 0 radical (unpaired) electrons. The van der Waals surface area contributed by atoms with Gasteiger partial charge in [0.15, 0.2) is 34.7 Å². The lowest BCUT2D eigenvalue weighted by atomic mass is 10.1. The van der Waals surface area contributed by atoms with E-state index in [2.05, 4.69) is 31.7 Å². The minimum absolute atomic E-state index is 0.0300. The number of benzene rings is 1. The van der Waals surface area contributed by atoms with Crippen LogP contribution < -0.4 is 21.8 Å². The highest BCUT2D eigenvalue weighted by molar-refractivity contribution is 5.99. The number of anilines is 2. The summed E-state index contributed by atoms with van der Waals surface area (Å²) in [6, 6.07) is 3.44. The van der Waals surface area contributed by atoms with Gasteiger partial charge in [0.25, 0.3) is 11.8 Å². The zero-order valence-corrected chi connectivity index (χ0v) is 27.6. The maximum Gasteiger partial charge on any atom is 0.276 e. The number of imidazole rings is 1. The summed E-state index contributed by atoms with van der Waals surface area (Å²) in [4.78, 5) is 52.5. The second-order valence-electron chi connectivity index (χ2n) is 13.1. The van der Waals surface area contributed by atoms with Gasteiger partial charge >= 0.3 is 0 Å². The van der Waals surface area contributed by atoms with Gasteiger partial charge in [-0.1, -0.05) is 18.2 Å². The molecule has 17 heteroatoms. The summed E-state index contributed by atoms with van der Waals surface area (Å²) in [7, 11) is 0. The van der Waals surface area contributed by atoms with Crippen LogP contribution in [0.3, 0.4) is 0 Å². The molecule has 3 aromatic heterocycles. The summed E-state index contributed by atoms with van der Waals surface area (Å²) in [5.41, 5.74) is 5.78. The zero-order valence-electron chi connectivity index (χ0n) is 27.6. The van der Waals surface area contributed by atoms with Crippen molar-refractivity contribution < 1.29 is 33.3 Å². The van der Waals surface area contributed by atoms with Crippen LogP contribution in [0.4, 0.5) is 20.5 Å². The second-order valence-corrected chi connectivity index (χ2v) is 13.1. The maximum absolute atomic E-state index is 13.8. The van der Waals surface area contributed by atoms with Gasteiger partial charge in [-0.05, 0) is 38.7 Å². The highest BCUT2D eigenvalue weighted by Crippen LogP contribution is 2.33. The molecule has 1 saturated carbocycles. The number of ether oxygens (including phenoxy) is 1. The van der Waals surface area contributed by atoms with Crippen molar-refractivity contribution in [2.45, 2.75) is 70.0 Å². The summed E-state index contributed by atoms with van der Waals surface area (Å²) < 4.78 is 35.7. The standard InChI is InChI=1S/C20H19F2N3O5.C14H18N6O/c1-10-4-5-30-15-9-24-8-13(17(26)18(27)16(24)20(29)25(10)15)19(28)23-7-11-2-3-12(21)6-14(11)22;15-14-18-12(17-9-2-3-9)11-13(19-14)20(7-16-11)10-4-1-8(5-10)6-21/h2-3,6,8,10,15,27H,4-5,7,9H2,1H3,(H,23,28);1,4,7-10,21H,2-3,5-6H2,(H3,15,17,18,19)/t10-,15+;8-,10+/m11/s1. The Hall–Kier alpha value is -5.42. The third-order valence-electron chi connectivity index (χ3n) is 9.47. The van der Waals surface area contributed by atoms with Crippen LogP contribution in [0.2, 0.25) is 0 Å². The van der Waals surface area contributed by atoms with Crippen molar-refractivity contribution in [2.75, 3.05) is 24.3 Å². The lowest BCUT2D eigenvalue weighted by molar-refractivity contribution is -0.112. The second kappa shape index (κ2) is 13.7. The van der Waals surface area contributed by atoms with Gasteiger partial charge in [-0.2, -0.15) is 9.97 Å². The molecule has 1 aromatic carbocycles. The molecule has 2 fully saturated rings. The van der Waals surface area contributed by atoms with Crippen molar-refractivity contribution in [3.05, 3.63) is 81.6 Å². The molecule has 4 aromatic rings. The third-order valence-corrected chi connectivity index (χ3v) is 9.47. The van der Waals surface area contributed by atoms with Crippen LogP contribution in [0.5, 0.6) is 5.75 Å². The number of nitrogens with zero attached hydrogens (tertiary/aromatic N) is 6. The zero-order chi connectivity index (χ0) is 36.0. The molecule has 0 spiro atoms. The molecule has 2 aliphatic heterocycles. The number of carbonyl (C=O) groups excluding carboxylic acids is 2. The van der Waals surface area contributed by atoms with E-state index in [9.17, 15) is 33.4 Å². The van der Waals surface area contributed by atoms with E-state index in [-0.39, 0.29) is 54.9 Å². The Labute approximate surface area is 289 Å². The quantitative estimate of drug-likeness (QED) is 0.177. The van der Waals surface area contributed by atoms with Crippen LogP contribution in [0.1, 0.15) is 65.1 Å². The predicted molar refractivity (Wildman–Crippen MR) is 180 cm³/mol. The summed E-state index contributed by atoms with van der Waals surface area (Å²) in [6.07, 6.45) is 10.4. The number of amides is 2. The molecule has 2 aliphatic carbocycles. The smallest absolute Gasteiger partial charge is 0.276 e. The summed E-state index contributed by atoms with van der Waals surface area (Å²) in [5.74, 6) is -2.64. The Morgan fingerprint density at radius 1 is 1.16 bits per heavy atom. The molecule has 0 bridgehead atoms. The molecule has 2 amide bonds. The number of allylic oxidation sites excluding steroid dienone is 1. The van der Waals surface area contributed by atoms with E-state index in [0.29, 0.717) is 25.1 Å². The molecular weight excluding hydrogens is 668 g/mol. The first kappa shape index (κ1) is 34.0. The topological polar surface area (TPSA) is 203 Å². The normalized spacial score (nSPS) is 22.3. The molecule has 4 aliphatic rings. The molecule has 0 unspecified atom stereocenters. The highest BCUT2D eigenvalue weighted by Gasteiger charge is 2.41. The number of hydrogen-bond donors (Lipinski definition) is 5. The molecule has 4 atom stereocenters. The first-order chi connectivity index (χ1) is 24.5. The number of halogens is 2. The largest absolute Gasteiger partial charge is 0.503 e. The number of hydrogen-bond acceptors (Lipinski definition) is 11. The van der Waals surface area contributed by atoms with Crippen LogP contribution in [0.15, 0.2) is 47.7 Å². The Bertz CT molecular complexity index is 2100. The Kier molecular flexibility index (Phi) is 9.15. The lowest BCUT2D eigenvalue weighted by Crippen LogP contribution is -2.57. The molecule has 8 rings (SSSR count). The van der Waals surface area contributed by atoms with Crippen LogP contribution in [0, 0.1) is 17.6 Å².